The first-order chi connectivity index (χ1) is 12.6. The largest absolute Gasteiger partial charge is 0.508 e. The molecule has 0 aromatic heterocycles. The molecule has 0 fully saturated rings. The fourth-order valence-corrected chi connectivity index (χ4v) is 2.54. The van der Waals surface area contributed by atoms with Crippen molar-refractivity contribution in [1.29, 1.82) is 0 Å². The third kappa shape index (κ3) is 4.77. The molecule has 0 radical (unpaired) electrons. The number of aromatic hydroxyl groups is 2. The Morgan fingerprint density at radius 3 is 1.54 bits per heavy atom. The summed E-state index contributed by atoms with van der Waals surface area (Å²) < 4.78 is 5.15. The molecule has 0 aliphatic heterocycles. The first-order valence-electron chi connectivity index (χ1n) is 8.26. The molecule has 26 heavy (non-hydrogen) atoms. The molecular weight excluding hydrogens is 324 g/mol. The summed E-state index contributed by atoms with van der Waals surface area (Å²) >= 11 is 0. The van der Waals surface area contributed by atoms with Crippen LogP contribution in [0.3, 0.4) is 0 Å². The average Bonchev–Trinajstić information content (AvgIpc) is 2.66. The molecule has 0 unspecified atom stereocenters. The zero-order valence-corrected chi connectivity index (χ0v) is 14.5. The van der Waals surface area contributed by atoms with Gasteiger partial charge in [0, 0.05) is 0 Å². The predicted molar refractivity (Wildman–Crippen MR) is 107 cm³/mol. The van der Waals surface area contributed by atoms with Crippen molar-refractivity contribution in [3.63, 3.8) is 0 Å². The first-order valence-corrected chi connectivity index (χ1v) is 8.26. The summed E-state index contributed by atoms with van der Waals surface area (Å²) in [5.74, 6) is 1.28. The van der Waals surface area contributed by atoms with Crippen molar-refractivity contribution in [3.8, 4) is 17.2 Å². The van der Waals surface area contributed by atoms with Crippen LogP contribution < -0.4 is 4.74 Å². The normalized spacial score (nSPS) is 11.3. The van der Waals surface area contributed by atoms with E-state index < -0.39 is 0 Å². The van der Waals surface area contributed by atoms with Crippen LogP contribution in [0.15, 0.2) is 66.7 Å². The highest BCUT2D eigenvalue weighted by Crippen LogP contribution is 2.21. The van der Waals surface area contributed by atoms with Crippen LogP contribution in [0.25, 0.3) is 24.3 Å². The lowest BCUT2D eigenvalue weighted by molar-refractivity contribution is 0.415. The lowest BCUT2D eigenvalue weighted by Crippen LogP contribution is -1.81. The van der Waals surface area contributed by atoms with Gasteiger partial charge in [-0.3, -0.25) is 0 Å². The van der Waals surface area contributed by atoms with E-state index in [1.165, 1.54) is 0 Å². The molecule has 0 heterocycles. The van der Waals surface area contributed by atoms with Gasteiger partial charge in [0.25, 0.3) is 0 Å². The highest BCUT2D eigenvalue weighted by Gasteiger charge is 1.97. The topological polar surface area (TPSA) is 49.7 Å². The third-order valence-corrected chi connectivity index (χ3v) is 3.91. The van der Waals surface area contributed by atoms with Gasteiger partial charge < -0.3 is 14.9 Å². The van der Waals surface area contributed by atoms with Crippen LogP contribution in [0.4, 0.5) is 0 Å². The summed E-state index contributed by atoms with van der Waals surface area (Å²) in [6, 6.07) is 20.2. The van der Waals surface area contributed by atoms with E-state index in [2.05, 4.69) is 0 Å². The number of phenolic OH excluding ortho intramolecular Hbond substituents is 2. The molecule has 0 atom stereocenters. The van der Waals surface area contributed by atoms with E-state index in [0.717, 1.165) is 28.0 Å². The predicted octanol–water partition coefficient (Wildman–Crippen LogP) is 5.45. The Hall–Kier alpha value is -3.46. The van der Waals surface area contributed by atoms with E-state index in [1.807, 2.05) is 66.8 Å². The number of ether oxygens (including phenoxy) is 1. The fourth-order valence-electron chi connectivity index (χ4n) is 2.54. The van der Waals surface area contributed by atoms with Crippen molar-refractivity contribution in [2.75, 3.05) is 7.11 Å². The molecule has 0 saturated heterocycles. The minimum atomic E-state index is 0.215. The Kier molecular flexibility index (Phi) is 5.40. The highest BCUT2D eigenvalue weighted by molar-refractivity contribution is 5.75. The SMILES string of the molecule is COc1ccc(/C=C/c2cc(O)cc(/C=C/c3ccc(O)cc3)c2)cc1. The van der Waals surface area contributed by atoms with Crippen LogP contribution in [0.2, 0.25) is 0 Å². The molecule has 0 aliphatic rings. The maximum atomic E-state index is 9.98. The van der Waals surface area contributed by atoms with Gasteiger partial charge in [0.2, 0.25) is 0 Å². The van der Waals surface area contributed by atoms with Crippen molar-refractivity contribution in [3.05, 3.63) is 89.0 Å². The van der Waals surface area contributed by atoms with E-state index in [4.69, 9.17) is 4.74 Å². The number of hydrogen-bond acceptors (Lipinski definition) is 3. The molecule has 3 rings (SSSR count). The van der Waals surface area contributed by atoms with Crippen LogP contribution >= 0.6 is 0 Å². The van der Waals surface area contributed by atoms with Gasteiger partial charge >= 0.3 is 0 Å². The fraction of sp³-hybridized carbons (Fsp3) is 0.0435. The number of phenols is 2. The van der Waals surface area contributed by atoms with Gasteiger partial charge in [-0.15, -0.1) is 0 Å². The van der Waals surface area contributed by atoms with Gasteiger partial charge in [-0.1, -0.05) is 48.6 Å². The lowest BCUT2D eigenvalue weighted by Gasteiger charge is -2.02. The standard InChI is InChI=1S/C23H20O3/c1-26-23-12-8-18(9-13-23)3-5-20-14-19(15-22(25)16-20)4-2-17-6-10-21(24)11-7-17/h2-16,24-25H,1H3/b4-2+,5-3+. The summed E-state index contributed by atoms with van der Waals surface area (Å²) in [7, 11) is 1.64. The van der Waals surface area contributed by atoms with E-state index in [0.29, 0.717) is 0 Å². The van der Waals surface area contributed by atoms with Crippen LogP contribution in [0, 0.1) is 0 Å². The smallest absolute Gasteiger partial charge is 0.118 e. The van der Waals surface area contributed by atoms with E-state index >= 15 is 0 Å². The van der Waals surface area contributed by atoms with Crippen LogP contribution in [-0.4, -0.2) is 17.3 Å². The first kappa shape index (κ1) is 17.4. The molecular formula is C23H20O3. The molecule has 130 valence electrons. The second kappa shape index (κ2) is 8.08. The van der Waals surface area contributed by atoms with Crippen molar-refractivity contribution in [2.24, 2.45) is 0 Å². The summed E-state index contributed by atoms with van der Waals surface area (Å²) in [5.41, 5.74) is 3.83. The second-order valence-corrected chi connectivity index (χ2v) is 5.89. The Morgan fingerprint density at radius 2 is 1.04 bits per heavy atom. The van der Waals surface area contributed by atoms with Crippen LogP contribution in [0.1, 0.15) is 22.3 Å². The van der Waals surface area contributed by atoms with E-state index in [1.54, 1.807) is 31.4 Å². The molecule has 3 nitrogen and oxygen atoms in total. The van der Waals surface area contributed by atoms with Crippen molar-refractivity contribution in [2.45, 2.75) is 0 Å². The second-order valence-electron chi connectivity index (χ2n) is 5.89. The van der Waals surface area contributed by atoms with Crippen LogP contribution in [0.5, 0.6) is 17.2 Å². The van der Waals surface area contributed by atoms with Gasteiger partial charge in [-0.25, -0.2) is 0 Å². The number of methoxy groups -OCH3 is 1. The maximum Gasteiger partial charge on any atom is 0.118 e. The summed E-state index contributed by atoms with van der Waals surface area (Å²) in [4.78, 5) is 0. The Bertz CT molecular complexity index is 921. The lowest BCUT2D eigenvalue weighted by atomic mass is 10.1. The van der Waals surface area contributed by atoms with Gasteiger partial charge in [0.1, 0.15) is 17.2 Å². The monoisotopic (exact) mass is 344 g/mol. The third-order valence-electron chi connectivity index (χ3n) is 3.91. The molecule has 2 N–H and O–H groups in total. The molecule has 0 spiro atoms. The summed E-state index contributed by atoms with van der Waals surface area (Å²) in [6.07, 6.45) is 7.81. The van der Waals surface area contributed by atoms with Gasteiger partial charge in [0.15, 0.2) is 0 Å². The Balaban J connectivity index is 1.78. The molecule has 3 heteroatoms. The average molecular weight is 344 g/mol. The minimum absolute atomic E-state index is 0.215. The van der Waals surface area contributed by atoms with E-state index in [-0.39, 0.29) is 11.5 Å². The van der Waals surface area contributed by atoms with Crippen molar-refractivity contribution < 1.29 is 14.9 Å². The highest BCUT2D eigenvalue weighted by atomic mass is 16.5. The molecule has 0 bridgehead atoms. The zero-order chi connectivity index (χ0) is 18.4. The van der Waals surface area contributed by atoms with Gasteiger partial charge in [-0.05, 0) is 64.7 Å². The number of benzene rings is 3. The molecule has 3 aromatic rings. The van der Waals surface area contributed by atoms with Crippen molar-refractivity contribution >= 4 is 24.3 Å². The molecule has 0 amide bonds. The Morgan fingerprint density at radius 1 is 0.577 bits per heavy atom. The summed E-state index contributed by atoms with van der Waals surface area (Å²) in [6.45, 7) is 0. The molecule has 3 aromatic carbocycles. The molecule has 0 aliphatic carbocycles. The number of rotatable bonds is 5. The number of hydrogen-bond donors (Lipinski definition) is 2. The quantitative estimate of drug-likeness (QED) is 0.605. The maximum absolute atomic E-state index is 9.98. The van der Waals surface area contributed by atoms with Crippen molar-refractivity contribution in [1.82, 2.24) is 0 Å². The molecule has 0 saturated carbocycles. The zero-order valence-electron chi connectivity index (χ0n) is 14.5. The van der Waals surface area contributed by atoms with Crippen LogP contribution in [-0.2, 0) is 0 Å². The Labute approximate surface area is 153 Å². The van der Waals surface area contributed by atoms with Gasteiger partial charge in [-0.2, -0.15) is 0 Å². The van der Waals surface area contributed by atoms with E-state index in [9.17, 15) is 10.2 Å². The minimum Gasteiger partial charge on any atom is -0.508 e. The summed E-state index contributed by atoms with van der Waals surface area (Å²) in [5, 5.41) is 19.3. The van der Waals surface area contributed by atoms with Gasteiger partial charge in [0.05, 0.1) is 7.11 Å².